The summed E-state index contributed by atoms with van der Waals surface area (Å²) in [4.78, 5) is 53.4. The summed E-state index contributed by atoms with van der Waals surface area (Å²) in [6, 6.07) is 21.2. The zero-order chi connectivity index (χ0) is 45.2. The van der Waals surface area contributed by atoms with Gasteiger partial charge in [-0.1, -0.05) is 209 Å². The Morgan fingerprint density at radius 3 is 1.22 bits per heavy atom. The second kappa shape index (κ2) is 33.7. The van der Waals surface area contributed by atoms with E-state index in [1.54, 1.807) is 18.2 Å². The van der Waals surface area contributed by atoms with Crippen LogP contribution in [-0.4, -0.2) is 49.3 Å². The first-order chi connectivity index (χ1) is 30.8. The summed E-state index contributed by atoms with van der Waals surface area (Å²) in [5, 5.41) is 11.3. The van der Waals surface area contributed by atoms with Gasteiger partial charge in [-0.25, -0.2) is 19.2 Å². The molecule has 0 heterocycles. The predicted molar refractivity (Wildman–Crippen MR) is 258 cm³/mol. The molecule has 0 aliphatic rings. The van der Waals surface area contributed by atoms with Crippen molar-refractivity contribution in [3.63, 3.8) is 0 Å². The first-order valence-electron chi connectivity index (χ1n) is 24.5. The molecule has 0 radical (unpaired) electrons. The highest BCUT2D eigenvalue weighted by molar-refractivity contribution is 5.96. The van der Waals surface area contributed by atoms with Gasteiger partial charge in [0.2, 0.25) is 0 Å². The monoisotopic (exact) mass is 869 g/mol. The Hall–Kier alpha value is -4.86. The molecule has 4 N–H and O–H groups in total. The topological polar surface area (TPSA) is 135 Å². The molecule has 10 heteroatoms. The molecule has 0 saturated carbocycles. The van der Waals surface area contributed by atoms with Crippen LogP contribution in [0.15, 0.2) is 78.9 Å². The molecule has 0 aromatic heterocycles. The van der Waals surface area contributed by atoms with Crippen molar-refractivity contribution in [1.82, 2.24) is 10.6 Å². The fourth-order valence-electron chi connectivity index (χ4n) is 7.64. The van der Waals surface area contributed by atoms with Crippen molar-refractivity contribution in [2.75, 3.05) is 23.8 Å². The van der Waals surface area contributed by atoms with Crippen LogP contribution < -0.4 is 21.3 Å². The van der Waals surface area contributed by atoms with Gasteiger partial charge in [-0.3, -0.25) is 0 Å². The van der Waals surface area contributed by atoms with Gasteiger partial charge in [-0.05, 0) is 48.6 Å². The molecule has 0 spiro atoms. The van der Waals surface area contributed by atoms with Gasteiger partial charge in [0.15, 0.2) is 0 Å². The average molecular weight is 869 g/mol. The van der Waals surface area contributed by atoms with Crippen molar-refractivity contribution in [1.29, 1.82) is 0 Å². The second-order valence-corrected chi connectivity index (χ2v) is 17.1. The highest BCUT2D eigenvalue weighted by atomic mass is 16.5. The first-order valence-corrected chi connectivity index (χ1v) is 24.5. The zero-order valence-electron chi connectivity index (χ0n) is 39.0. The molecular weight excluding hydrogens is 789 g/mol. The third kappa shape index (κ3) is 24.5. The van der Waals surface area contributed by atoms with E-state index in [1.807, 2.05) is 67.6 Å². The molecule has 3 aromatic rings. The van der Waals surface area contributed by atoms with Crippen molar-refractivity contribution in [3.05, 3.63) is 95.6 Å². The molecule has 0 bridgehead atoms. The molecule has 0 unspecified atom stereocenters. The molecule has 348 valence electrons. The minimum absolute atomic E-state index is 0.276. The molecule has 10 nitrogen and oxygen atoms in total. The van der Waals surface area contributed by atoms with Crippen LogP contribution in [0.3, 0.4) is 0 Å². The summed E-state index contributed by atoms with van der Waals surface area (Å²) in [6.45, 7) is 6.94. The molecule has 0 aliphatic heterocycles. The van der Waals surface area contributed by atoms with Gasteiger partial charge in [0.1, 0.15) is 12.1 Å². The number of ether oxygens (including phenoxy) is 2. The minimum atomic E-state index is -0.899. The van der Waals surface area contributed by atoms with E-state index in [0.717, 1.165) is 55.2 Å². The number of urea groups is 2. The number of hydrogen-bond donors (Lipinski definition) is 4. The number of aryl methyl sites for hydroxylation is 1. The molecule has 2 atom stereocenters. The number of anilines is 2. The number of hydrogen-bond acceptors (Lipinski definition) is 6. The molecule has 0 saturated heterocycles. The lowest BCUT2D eigenvalue weighted by Crippen LogP contribution is -2.45. The number of unbranched alkanes of at least 4 members (excludes halogenated alkanes) is 20. The number of nitrogens with one attached hydrogen (secondary N) is 4. The Morgan fingerprint density at radius 2 is 0.825 bits per heavy atom. The van der Waals surface area contributed by atoms with Crippen molar-refractivity contribution >= 4 is 35.4 Å². The lowest BCUT2D eigenvalue weighted by Gasteiger charge is -2.20. The molecule has 3 aromatic carbocycles. The minimum Gasteiger partial charge on any atom is -0.464 e. The van der Waals surface area contributed by atoms with Crippen molar-refractivity contribution in [2.24, 2.45) is 0 Å². The third-order valence-corrected chi connectivity index (χ3v) is 11.5. The Labute approximate surface area is 379 Å². The Morgan fingerprint density at radius 1 is 0.460 bits per heavy atom. The summed E-state index contributed by atoms with van der Waals surface area (Å²) >= 11 is 0. The standard InChI is InChI=1S/C53H80N4O6/c1-4-6-8-10-12-14-16-18-20-22-30-38-62-50(58)48(40-44-32-26-24-27-33-44)56-52(60)54-46-37-36-43(3)47(42-46)55-53(61)57-49(41-45-34-28-25-29-35-45)51(59)63-39-31-23-21-19-17-15-13-11-9-7-5-2/h24-29,32-37,42,48-49H,4-23,30-31,38-41H2,1-3H3,(H2,54,56,60)(H2,55,57,61)/t48-,49-/m0/s1. The van der Waals surface area contributed by atoms with E-state index in [2.05, 4.69) is 35.1 Å². The highest BCUT2D eigenvalue weighted by Gasteiger charge is 2.25. The number of benzene rings is 3. The summed E-state index contributed by atoms with van der Waals surface area (Å²) in [5.74, 6) is -0.960. The van der Waals surface area contributed by atoms with E-state index < -0.39 is 36.1 Å². The molecule has 0 fully saturated rings. The first kappa shape index (κ1) is 52.5. The quantitative estimate of drug-likeness (QED) is 0.0349. The highest BCUT2D eigenvalue weighted by Crippen LogP contribution is 2.21. The van der Waals surface area contributed by atoms with Crippen LogP contribution >= 0.6 is 0 Å². The van der Waals surface area contributed by atoms with Gasteiger partial charge >= 0.3 is 24.0 Å². The van der Waals surface area contributed by atoms with Crippen molar-refractivity contribution in [3.8, 4) is 0 Å². The van der Waals surface area contributed by atoms with E-state index >= 15 is 0 Å². The van der Waals surface area contributed by atoms with Crippen LogP contribution in [0.5, 0.6) is 0 Å². The van der Waals surface area contributed by atoms with E-state index in [9.17, 15) is 19.2 Å². The maximum absolute atomic E-state index is 13.4. The van der Waals surface area contributed by atoms with Crippen LogP contribution in [0.1, 0.15) is 172 Å². The van der Waals surface area contributed by atoms with Crippen molar-refractivity contribution < 1.29 is 28.7 Å². The van der Waals surface area contributed by atoms with Gasteiger partial charge in [-0.2, -0.15) is 0 Å². The molecule has 4 amide bonds. The maximum Gasteiger partial charge on any atom is 0.329 e. The predicted octanol–water partition coefficient (Wildman–Crippen LogP) is 13.2. The van der Waals surface area contributed by atoms with Gasteiger partial charge in [0.05, 0.1) is 13.2 Å². The Kier molecular flexibility index (Phi) is 28.0. The number of rotatable bonds is 34. The summed E-state index contributed by atoms with van der Waals surface area (Å²) < 4.78 is 11.3. The number of carbonyl (C=O) groups is 4. The maximum atomic E-state index is 13.4. The van der Waals surface area contributed by atoms with Gasteiger partial charge in [0, 0.05) is 24.2 Å². The summed E-state index contributed by atoms with van der Waals surface area (Å²) in [7, 11) is 0. The molecule has 0 aliphatic carbocycles. The fraction of sp³-hybridized carbons (Fsp3) is 0.585. The Balaban J connectivity index is 1.49. The van der Waals surface area contributed by atoms with Crippen LogP contribution in [0.25, 0.3) is 0 Å². The fourth-order valence-corrected chi connectivity index (χ4v) is 7.64. The number of esters is 2. The third-order valence-electron chi connectivity index (χ3n) is 11.5. The van der Waals surface area contributed by atoms with Crippen LogP contribution in [-0.2, 0) is 31.9 Å². The molecule has 3 rings (SSSR count). The molecule has 63 heavy (non-hydrogen) atoms. The summed E-state index contributed by atoms with van der Waals surface area (Å²) in [6.07, 6.45) is 27.0. The van der Waals surface area contributed by atoms with E-state index in [1.165, 1.54) is 103 Å². The number of carbonyl (C=O) groups excluding carboxylic acids is 4. The van der Waals surface area contributed by atoms with E-state index in [-0.39, 0.29) is 12.8 Å². The van der Waals surface area contributed by atoms with E-state index in [0.29, 0.717) is 24.6 Å². The van der Waals surface area contributed by atoms with Gasteiger partial charge < -0.3 is 30.7 Å². The lowest BCUT2D eigenvalue weighted by atomic mass is 10.1. The number of amides is 4. The second-order valence-electron chi connectivity index (χ2n) is 17.1. The van der Waals surface area contributed by atoms with Crippen LogP contribution in [0.2, 0.25) is 0 Å². The normalized spacial score (nSPS) is 11.9. The van der Waals surface area contributed by atoms with Gasteiger partial charge in [0.25, 0.3) is 0 Å². The van der Waals surface area contributed by atoms with Crippen LogP contribution in [0, 0.1) is 6.92 Å². The molecular formula is C53H80N4O6. The van der Waals surface area contributed by atoms with Crippen molar-refractivity contribution in [2.45, 2.75) is 187 Å². The SMILES string of the molecule is CCCCCCCCCCCCCOC(=O)[C@H](Cc1ccccc1)NC(=O)Nc1ccc(C)c(NC(=O)N[C@@H](Cc2ccccc2)C(=O)OCCCCCCCCCCCCC)c1. The zero-order valence-corrected chi connectivity index (χ0v) is 39.0. The van der Waals surface area contributed by atoms with Crippen LogP contribution in [0.4, 0.5) is 21.0 Å². The lowest BCUT2D eigenvalue weighted by molar-refractivity contribution is -0.146. The van der Waals surface area contributed by atoms with E-state index in [4.69, 9.17) is 9.47 Å². The Bertz CT molecular complexity index is 1690. The smallest absolute Gasteiger partial charge is 0.329 e. The summed E-state index contributed by atoms with van der Waals surface area (Å²) in [5.41, 5.74) is 3.40. The average Bonchev–Trinajstić information content (AvgIpc) is 3.28. The van der Waals surface area contributed by atoms with Gasteiger partial charge in [-0.15, -0.1) is 0 Å². The largest absolute Gasteiger partial charge is 0.464 e.